The van der Waals surface area contributed by atoms with E-state index in [4.69, 9.17) is 0 Å². The van der Waals surface area contributed by atoms with Crippen LogP contribution in [0.5, 0.6) is 0 Å². The Bertz CT molecular complexity index is 1120. The maximum Gasteiger partial charge on any atom is 0.252 e. The summed E-state index contributed by atoms with van der Waals surface area (Å²) in [4.78, 5) is 21.6. The second-order valence-corrected chi connectivity index (χ2v) is 6.07. The molecule has 3 aromatic heterocycles. The molecule has 3 heterocycles. The summed E-state index contributed by atoms with van der Waals surface area (Å²) >= 11 is 0. The van der Waals surface area contributed by atoms with E-state index in [9.17, 15) is 9.18 Å². The van der Waals surface area contributed by atoms with E-state index in [1.165, 1.54) is 12.1 Å². The Morgan fingerprint density at radius 2 is 2.07 bits per heavy atom. The van der Waals surface area contributed by atoms with Crippen molar-refractivity contribution in [3.63, 3.8) is 0 Å². The van der Waals surface area contributed by atoms with Crippen molar-refractivity contribution in [3.8, 4) is 11.3 Å². The molecule has 0 bridgehead atoms. The van der Waals surface area contributed by atoms with Gasteiger partial charge in [-0.3, -0.25) is 14.5 Å². The molecule has 0 saturated heterocycles. The lowest BCUT2D eigenvalue weighted by Crippen LogP contribution is -2.23. The molecule has 7 heteroatoms. The number of amides is 1. The zero-order chi connectivity index (χ0) is 18.8. The number of pyridine rings is 2. The molecule has 0 atom stereocenters. The van der Waals surface area contributed by atoms with Gasteiger partial charge in [-0.25, -0.2) is 9.37 Å². The van der Waals surface area contributed by atoms with Crippen LogP contribution in [-0.2, 0) is 13.6 Å². The van der Waals surface area contributed by atoms with Crippen LogP contribution in [0.1, 0.15) is 16.1 Å². The summed E-state index contributed by atoms with van der Waals surface area (Å²) in [5.41, 5.74) is 2.85. The molecule has 0 saturated carbocycles. The van der Waals surface area contributed by atoms with E-state index in [2.05, 4.69) is 20.4 Å². The number of benzene rings is 1. The van der Waals surface area contributed by atoms with Gasteiger partial charge in [-0.1, -0.05) is 18.2 Å². The van der Waals surface area contributed by atoms with Crippen molar-refractivity contribution < 1.29 is 9.18 Å². The smallest absolute Gasteiger partial charge is 0.252 e. The molecule has 1 N–H and O–H groups in total. The third-order valence-corrected chi connectivity index (χ3v) is 4.23. The number of nitrogens with zero attached hydrogens (tertiary/aromatic N) is 4. The summed E-state index contributed by atoms with van der Waals surface area (Å²) in [5.74, 6) is -0.626. The lowest BCUT2D eigenvalue weighted by Gasteiger charge is -2.09. The fourth-order valence-corrected chi connectivity index (χ4v) is 2.87. The van der Waals surface area contributed by atoms with Gasteiger partial charge in [0.05, 0.1) is 35.1 Å². The number of nitrogens with one attached hydrogen (secondary N) is 1. The second kappa shape index (κ2) is 6.95. The number of rotatable bonds is 4. The first-order chi connectivity index (χ1) is 13.1. The maximum atomic E-state index is 13.6. The average molecular weight is 361 g/mol. The highest BCUT2D eigenvalue weighted by Gasteiger charge is 2.17. The van der Waals surface area contributed by atoms with Crippen LogP contribution in [0.3, 0.4) is 0 Å². The van der Waals surface area contributed by atoms with Gasteiger partial charge in [0.2, 0.25) is 0 Å². The fourth-order valence-electron chi connectivity index (χ4n) is 2.87. The normalized spacial score (nSPS) is 10.9. The van der Waals surface area contributed by atoms with Crippen LogP contribution < -0.4 is 5.32 Å². The van der Waals surface area contributed by atoms with Crippen molar-refractivity contribution in [2.75, 3.05) is 0 Å². The van der Waals surface area contributed by atoms with Gasteiger partial charge in [-0.2, -0.15) is 5.10 Å². The molecule has 27 heavy (non-hydrogen) atoms. The lowest BCUT2D eigenvalue weighted by atomic mass is 10.1. The van der Waals surface area contributed by atoms with E-state index in [-0.39, 0.29) is 11.7 Å². The van der Waals surface area contributed by atoms with Crippen LogP contribution in [0.25, 0.3) is 22.3 Å². The molecule has 0 aliphatic carbocycles. The number of hydrogen-bond acceptors (Lipinski definition) is 4. The Kier molecular flexibility index (Phi) is 4.33. The van der Waals surface area contributed by atoms with Crippen molar-refractivity contribution in [3.05, 3.63) is 78.0 Å². The summed E-state index contributed by atoms with van der Waals surface area (Å²) in [6.07, 6.45) is 3.28. The molecule has 4 rings (SSSR count). The first-order valence-electron chi connectivity index (χ1n) is 8.38. The van der Waals surface area contributed by atoms with E-state index in [0.717, 1.165) is 5.69 Å². The highest BCUT2D eigenvalue weighted by atomic mass is 19.1. The molecule has 0 radical (unpaired) electrons. The van der Waals surface area contributed by atoms with E-state index < -0.39 is 0 Å². The minimum atomic E-state index is -0.361. The van der Waals surface area contributed by atoms with Crippen LogP contribution in [0.2, 0.25) is 0 Å². The van der Waals surface area contributed by atoms with Crippen molar-refractivity contribution in [1.29, 1.82) is 0 Å². The molecule has 1 aromatic carbocycles. The Morgan fingerprint density at radius 3 is 2.85 bits per heavy atom. The number of hydrogen-bond donors (Lipinski definition) is 1. The van der Waals surface area contributed by atoms with Crippen LogP contribution >= 0.6 is 0 Å². The first-order valence-corrected chi connectivity index (χ1v) is 8.38. The largest absolute Gasteiger partial charge is 0.346 e. The van der Waals surface area contributed by atoms with Gasteiger partial charge in [-0.15, -0.1) is 0 Å². The molecule has 0 spiro atoms. The van der Waals surface area contributed by atoms with Gasteiger partial charge in [-0.05, 0) is 30.3 Å². The van der Waals surface area contributed by atoms with Gasteiger partial charge >= 0.3 is 0 Å². The molecule has 134 valence electrons. The number of fused-ring (bicyclic) bond motifs is 1. The van der Waals surface area contributed by atoms with Crippen molar-refractivity contribution in [1.82, 2.24) is 25.1 Å². The third-order valence-electron chi connectivity index (χ3n) is 4.23. The molecule has 0 aliphatic heterocycles. The number of halogens is 1. The van der Waals surface area contributed by atoms with Gasteiger partial charge in [0.25, 0.3) is 5.91 Å². The average Bonchev–Trinajstić information content (AvgIpc) is 3.07. The highest BCUT2D eigenvalue weighted by molar-refractivity contribution is 6.06. The third kappa shape index (κ3) is 3.39. The number of aromatic nitrogens is 4. The van der Waals surface area contributed by atoms with Crippen LogP contribution in [0.15, 0.2) is 60.9 Å². The molecule has 0 aliphatic rings. The number of carbonyl (C=O) groups excluding carboxylic acids is 1. The lowest BCUT2D eigenvalue weighted by molar-refractivity contribution is 0.0952. The quantitative estimate of drug-likeness (QED) is 0.606. The van der Waals surface area contributed by atoms with E-state index in [1.54, 1.807) is 42.3 Å². The monoisotopic (exact) mass is 361 g/mol. The molecule has 1 amide bonds. The Balaban J connectivity index is 1.73. The predicted molar refractivity (Wildman–Crippen MR) is 99.3 cm³/mol. The summed E-state index contributed by atoms with van der Waals surface area (Å²) in [6, 6.07) is 13.3. The SMILES string of the molecule is Cn1ncc2c(C(=O)NCc3ccccn3)cc(-c3cccc(F)c3)nc21. The summed E-state index contributed by atoms with van der Waals surface area (Å²) in [7, 11) is 1.75. The van der Waals surface area contributed by atoms with Crippen LogP contribution in [-0.4, -0.2) is 25.7 Å². The van der Waals surface area contributed by atoms with E-state index in [0.29, 0.717) is 34.4 Å². The molecular formula is C20H16FN5O. The Labute approximate surface area is 154 Å². The maximum absolute atomic E-state index is 13.6. The van der Waals surface area contributed by atoms with E-state index in [1.807, 2.05) is 18.2 Å². The summed E-state index contributed by atoms with van der Waals surface area (Å²) < 4.78 is 15.2. The minimum Gasteiger partial charge on any atom is -0.346 e. The highest BCUT2D eigenvalue weighted by Crippen LogP contribution is 2.25. The van der Waals surface area contributed by atoms with Gasteiger partial charge in [0.15, 0.2) is 5.65 Å². The zero-order valence-electron chi connectivity index (χ0n) is 14.6. The Hall–Kier alpha value is -3.61. The summed E-state index contributed by atoms with van der Waals surface area (Å²) in [5, 5.41) is 7.70. The number of carbonyl (C=O) groups is 1. The van der Waals surface area contributed by atoms with Crippen molar-refractivity contribution in [2.45, 2.75) is 6.54 Å². The van der Waals surface area contributed by atoms with Crippen molar-refractivity contribution >= 4 is 16.9 Å². The predicted octanol–water partition coefficient (Wildman–Crippen LogP) is 3.10. The molecular weight excluding hydrogens is 345 g/mol. The first kappa shape index (κ1) is 16.8. The molecule has 0 unspecified atom stereocenters. The van der Waals surface area contributed by atoms with Crippen LogP contribution in [0.4, 0.5) is 4.39 Å². The molecule has 0 fully saturated rings. The standard InChI is InChI=1S/C20H16FN5O/c1-26-19-17(12-24-26)16(20(27)23-11-15-7-2-3-8-22-15)10-18(25-19)13-5-4-6-14(21)9-13/h2-10,12H,11H2,1H3,(H,23,27). The second-order valence-electron chi connectivity index (χ2n) is 6.07. The van der Waals surface area contributed by atoms with Crippen molar-refractivity contribution in [2.24, 2.45) is 7.05 Å². The van der Waals surface area contributed by atoms with E-state index >= 15 is 0 Å². The van der Waals surface area contributed by atoms with Gasteiger partial charge in [0, 0.05) is 18.8 Å². The minimum absolute atomic E-state index is 0.265. The zero-order valence-corrected chi connectivity index (χ0v) is 14.6. The topological polar surface area (TPSA) is 72.7 Å². The van der Waals surface area contributed by atoms with Crippen LogP contribution in [0, 0.1) is 5.82 Å². The van der Waals surface area contributed by atoms with Gasteiger partial charge < -0.3 is 5.32 Å². The Morgan fingerprint density at radius 1 is 1.19 bits per heavy atom. The fraction of sp³-hybridized carbons (Fsp3) is 0.100. The molecule has 6 nitrogen and oxygen atoms in total. The molecule has 4 aromatic rings. The number of aryl methyl sites for hydroxylation is 1. The van der Waals surface area contributed by atoms with Gasteiger partial charge in [0.1, 0.15) is 5.82 Å². The summed E-state index contributed by atoms with van der Waals surface area (Å²) in [6.45, 7) is 0.305.